The summed E-state index contributed by atoms with van der Waals surface area (Å²) < 4.78 is 4.92. The van der Waals surface area contributed by atoms with E-state index < -0.39 is 5.60 Å². The molecule has 0 aromatic heterocycles. The topological polar surface area (TPSA) is 46.5 Å². The van der Waals surface area contributed by atoms with Crippen molar-refractivity contribution in [1.29, 1.82) is 0 Å². The summed E-state index contributed by atoms with van der Waals surface area (Å²) in [6, 6.07) is 0. The molecule has 0 heterocycles. The number of carbonyl (C=O) groups excluding carboxylic acids is 1. The number of hydrogen-bond donors (Lipinski definition) is 1. The molecule has 1 N–H and O–H groups in total. The molecule has 0 amide bonds. The van der Waals surface area contributed by atoms with Crippen molar-refractivity contribution in [3.05, 3.63) is 0 Å². The molecule has 82 valence electrons. The van der Waals surface area contributed by atoms with Gasteiger partial charge in [-0.1, -0.05) is 19.3 Å². The highest BCUT2D eigenvalue weighted by atomic mass is 16.5. The molecular weight excluding hydrogens is 180 g/mol. The second-order valence-electron chi connectivity index (χ2n) is 4.14. The molecule has 0 bridgehead atoms. The van der Waals surface area contributed by atoms with Crippen molar-refractivity contribution in [1.82, 2.24) is 0 Å². The standard InChI is InChI=1S/C11H20O3/c1-3-14-10(12)9(2)11(13)7-5-4-6-8-11/h9,13H,3-8H2,1-2H3. The van der Waals surface area contributed by atoms with E-state index >= 15 is 0 Å². The van der Waals surface area contributed by atoms with Gasteiger partial charge < -0.3 is 9.84 Å². The largest absolute Gasteiger partial charge is 0.466 e. The molecule has 0 aliphatic heterocycles. The molecular formula is C11H20O3. The fourth-order valence-corrected chi connectivity index (χ4v) is 2.08. The van der Waals surface area contributed by atoms with Gasteiger partial charge in [0.2, 0.25) is 0 Å². The number of carbonyl (C=O) groups is 1. The molecule has 1 aliphatic carbocycles. The first kappa shape index (κ1) is 11.5. The van der Waals surface area contributed by atoms with Crippen LogP contribution in [0.1, 0.15) is 46.0 Å². The van der Waals surface area contributed by atoms with Crippen LogP contribution in [0.15, 0.2) is 0 Å². The maximum atomic E-state index is 11.5. The minimum atomic E-state index is -0.815. The normalized spacial score (nSPS) is 22.8. The zero-order valence-electron chi connectivity index (χ0n) is 9.08. The quantitative estimate of drug-likeness (QED) is 0.707. The van der Waals surface area contributed by atoms with Gasteiger partial charge in [0.1, 0.15) is 0 Å². The molecule has 3 nitrogen and oxygen atoms in total. The van der Waals surface area contributed by atoms with E-state index in [1.807, 2.05) is 0 Å². The van der Waals surface area contributed by atoms with Crippen LogP contribution in [0, 0.1) is 5.92 Å². The summed E-state index contributed by atoms with van der Waals surface area (Å²) in [5.41, 5.74) is -0.815. The van der Waals surface area contributed by atoms with Gasteiger partial charge in [0.25, 0.3) is 0 Å². The summed E-state index contributed by atoms with van der Waals surface area (Å²) in [6.45, 7) is 3.94. The smallest absolute Gasteiger partial charge is 0.311 e. The van der Waals surface area contributed by atoms with Crippen LogP contribution in [0.4, 0.5) is 0 Å². The van der Waals surface area contributed by atoms with Gasteiger partial charge in [-0.25, -0.2) is 0 Å². The van der Waals surface area contributed by atoms with Crippen LogP contribution in [0.2, 0.25) is 0 Å². The highest BCUT2D eigenvalue weighted by Gasteiger charge is 2.39. The molecule has 1 saturated carbocycles. The van der Waals surface area contributed by atoms with E-state index in [2.05, 4.69) is 0 Å². The molecule has 0 radical (unpaired) electrons. The maximum absolute atomic E-state index is 11.5. The van der Waals surface area contributed by atoms with Gasteiger partial charge in [0.05, 0.1) is 18.1 Å². The van der Waals surface area contributed by atoms with Crippen molar-refractivity contribution in [2.45, 2.75) is 51.6 Å². The van der Waals surface area contributed by atoms with Gasteiger partial charge in [0, 0.05) is 0 Å². The van der Waals surface area contributed by atoms with Crippen molar-refractivity contribution in [2.24, 2.45) is 5.92 Å². The van der Waals surface area contributed by atoms with Crippen LogP contribution in [0.3, 0.4) is 0 Å². The molecule has 1 rings (SSSR count). The van der Waals surface area contributed by atoms with Crippen molar-refractivity contribution in [2.75, 3.05) is 6.61 Å². The van der Waals surface area contributed by atoms with Crippen LogP contribution in [-0.4, -0.2) is 23.3 Å². The van der Waals surface area contributed by atoms with Gasteiger partial charge in [-0.05, 0) is 26.7 Å². The van der Waals surface area contributed by atoms with Crippen LogP contribution in [0.5, 0.6) is 0 Å². The lowest BCUT2D eigenvalue weighted by Gasteiger charge is -2.35. The van der Waals surface area contributed by atoms with E-state index in [-0.39, 0.29) is 11.9 Å². The molecule has 14 heavy (non-hydrogen) atoms. The third kappa shape index (κ3) is 2.47. The van der Waals surface area contributed by atoms with E-state index in [1.165, 1.54) is 0 Å². The van der Waals surface area contributed by atoms with Gasteiger partial charge >= 0.3 is 5.97 Å². The van der Waals surface area contributed by atoms with Gasteiger partial charge in [-0.3, -0.25) is 4.79 Å². The first-order valence-electron chi connectivity index (χ1n) is 5.49. The summed E-state index contributed by atoms with van der Waals surface area (Å²) in [5, 5.41) is 10.2. The Morgan fingerprint density at radius 1 is 1.43 bits per heavy atom. The molecule has 1 aliphatic rings. The van der Waals surface area contributed by atoms with Gasteiger partial charge in [-0.2, -0.15) is 0 Å². The molecule has 0 saturated heterocycles. The number of ether oxygens (including phenoxy) is 1. The highest BCUT2D eigenvalue weighted by molar-refractivity contribution is 5.73. The molecule has 1 unspecified atom stereocenters. The third-order valence-corrected chi connectivity index (χ3v) is 3.17. The highest BCUT2D eigenvalue weighted by Crippen LogP contribution is 2.34. The number of esters is 1. The Labute approximate surface area is 85.5 Å². The summed E-state index contributed by atoms with van der Waals surface area (Å²) >= 11 is 0. The number of rotatable bonds is 3. The lowest BCUT2D eigenvalue weighted by molar-refractivity contribution is -0.159. The molecule has 1 atom stereocenters. The zero-order valence-corrected chi connectivity index (χ0v) is 9.08. The Hall–Kier alpha value is -0.570. The summed E-state index contributed by atoms with van der Waals surface area (Å²) in [4.78, 5) is 11.5. The monoisotopic (exact) mass is 200 g/mol. The van der Waals surface area contributed by atoms with Crippen molar-refractivity contribution in [3.63, 3.8) is 0 Å². The molecule has 1 fully saturated rings. The molecule has 0 aromatic rings. The Bertz CT molecular complexity index is 195. The molecule has 0 aromatic carbocycles. The van der Waals surface area contributed by atoms with Crippen molar-refractivity contribution >= 4 is 5.97 Å². The van der Waals surface area contributed by atoms with E-state index in [0.717, 1.165) is 32.1 Å². The average Bonchev–Trinajstić information content (AvgIpc) is 2.18. The SMILES string of the molecule is CCOC(=O)C(C)C1(O)CCCCC1. The minimum absolute atomic E-state index is 0.267. The lowest BCUT2D eigenvalue weighted by atomic mass is 9.76. The molecule has 0 spiro atoms. The third-order valence-electron chi connectivity index (χ3n) is 3.17. The number of hydrogen-bond acceptors (Lipinski definition) is 3. The second kappa shape index (κ2) is 4.78. The van der Waals surface area contributed by atoms with E-state index in [1.54, 1.807) is 13.8 Å². The Balaban J connectivity index is 2.56. The predicted octanol–water partition coefficient (Wildman–Crippen LogP) is 1.88. The fraction of sp³-hybridized carbons (Fsp3) is 0.909. The second-order valence-corrected chi connectivity index (χ2v) is 4.14. The first-order valence-corrected chi connectivity index (χ1v) is 5.49. The van der Waals surface area contributed by atoms with Crippen LogP contribution < -0.4 is 0 Å². The van der Waals surface area contributed by atoms with Crippen LogP contribution in [-0.2, 0) is 9.53 Å². The van der Waals surface area contributed by atoms with E-state index in [0.29, 0.717) is 6.61 Å². The maximum Gasteiger partial charge on any atom is 0.311 e. The predicted molar refractivity (Wildman–Crippen MR) is 53.8 cm³/mol. The van der Waals surface area contributed by atoms with E-state index in [4.69, 9.17) is 4.74 Å². The van der Waals surface area contributed by atoms with Crippen LogP contribution >= 0.6 is 0 Å². The lowest BCUT2D eigenvalue weighted by Crippen LogP contribution is -2.43. The summed E-state index contributed by atoms with van der Waals surface area (Å²) in [5.74, 6) is -0.653. The van der Waals surface area contributed by atoms with Crippen molar-refractivity contribution in [3.8, 4) is 0 Å². The Morgan fingerprint density at radius 2 is 2.00 bits per heavy atom. The Kier molecular flexibility index (Phi) is 3.93. The van der Waals surface area contributed by atoms with Crippen LogP contribution in [0.25, 0.3) is 0 Å². The number of aliphatic hydroxyl groups is 1. The van der Waals surface area contributed by atoms with Gasteiger partial charge in [-0.15, -0.1) is 0 Å². The minimum Gasteiger partial charge on any atom is -0.466 e. The molecule has 3 heteroatoms. The van der Waals surface area contributed by atoms with E-state index in [9.17, 15) is 9.90 Å². The summed E-state index contributed by atoms with van der Waals surface area (Å²) in [7, 11) is 0. The van der Waals surface area contributed by atoms with Crippen molar-refractivity contribution < 1.29 is 14.6 Å². The fourth-order valence-electron chi connectivity index (χ4n) is 2.08. The Morgan fingerprint density at radius 3 is 2.50 bits per heavy atom. The first-order chi connectivity index (χ1) is 6.60. The zero-order chi connectivity index (χ0) is 10.6. The van der Waals surface area contributed by atoms with Gasteiger partial charge in [0.15, 0.2) is 0 Å². The average molecular weight is 200 g/mol. The summed E-state index contributed by atoms with van der Waals surface area (Å²) in [6.07, 6.45) is 4.65.